The molecule has 2 heterocycles. The van der Waals surface area contributed by atoms with E-state index in [1.54, 1.807) is 0 Å². The Labute approximate surface area is 181 Å². The number of aryl methyl sites for hydroxylation is 2. The van der Waals surface area contributed by atoms with E-state index in [1.807, 2.05) is 6.20 Å². The SMILES string of the molecule is Cc1cc(-c2ccccc2)cc(C)c1-c1cnc2c3ccccc3c3ccccc3n12. The molecule has 0 bridgehead atoms. The fraction of sp³-hybridized carbons (Fsp3) is 0.0690. The Kier molecular flexibility index (Phi) is 3.94. The van der Waals surface area contributed by atoms with Crippen LogP contribution in [0.15, 0.2) is 97.2 Å². The van der Waals surface area contributed by atoms with Crippen molar-refractivity contribution in [3.05, 3.63) is 108 Å². The number of nitrogens with zero attached hydrogens (tertiary/aromatic N) is 2. The van der Waals surface area contributed by atoms with Crippen LogP contribution >= 0.6 is 0 Å². The second kappa shape index (κ2) is 6.82. The average Bonchev–Trinajstić information content (AvgIpc) is 3.24. The zero-order valence-electron chi connectivity index (χ0n) is 17.6. The number of imidazole rings is 1. The van der Waals surface area contributed by atoms with Gasteiger partial charge in [0.25, 0.3) is 0 Å². The summed E-state index contributed by atoms with van der Waals surface area (Å²) >= 11 is 0. The molecule has 4 aromatic carbocycles. The maximum Gasteiger partial charge on any atom is 0.145 e. The molecule has 0 amide bonds. The largest absolute Gasteiger partial charge is 0.292 e. The molecule has 0 N–H and O–H groups in total. The van der Waals surface area contributed by atoms with Crippen LogP contribution in [-0.2, 0) is 0 Å². The van der Waals surface area contributed by atoms with Crippen molar-refractivity contribution in [3.63, 3.8) is 0 Å². The number of para-hydroxylation sites is 1. The number of benzene rings is 4. The first kappa shape index (κ1) is 17.9. The summed E-state index contributed by atoms with van der Waals surface area (Å²) < 4.78 is 2.33. The van der Waals surface area contributed by atoms with Gasteiger partial charge >= 0.3 is 0 Å². The summed E-state index contributed by atoms with van der Waals surface area (Å²) in [7, 11) is 0. The molecule has 0 aliphatic rings. The number of hydrogen-bond donors (Lipinski definition) is 0. The van der Waals surface area contributed by atoms with Gasteiger partial charge in [0.15, 0.2) is 0 Å². The zero-order valence-corrected chi connectivity index (χ0v) is 17.6. The predicted molar refractivity (Wildman–Crippen MR) is 131 cm³/mol. The molecule has 0 saturated carbocycles. The second-order valence-corrected chi connectivity index (χ2v) is 8.22. The van der Waals surface area contributed by atoms with Crippen LogP contribution in [-0.4, -0.2) is 9.38 Å². The summed E-state index contributed by atoms with van der Waals surface area (Å²) in [6.07, 6.45) is 2.03. The van der Waals surface area contributed by atoms with Gasteiger partial charge in [-0.25, -0.2) is 4.98 Å². The molecule has 0 spiro atoms. The molecule has 148 valence electrons. The smallest absolute Gasteiger partial charge is 0.145 e. The van der Waals surface area contributed by atoms with Gasteiger partial charge < -0.3 is 0 Å². The molecule has 2 heteroatoms. The topological polar surface area (TPSA) is 17.3 Å². The van der Waals surface area contributed by atoms with Gasteiger partial charge in [-0.1, -0.05) is 84.9 Å². The summed E-state index contributed by atoms with van der Waals surface area (Å²) in [5.41, 5.74) is 9.62. The highest BCUT2D eigenvalue weighted by molar-refractivity contribution is 6.12. The lowest BCUT2D eigenvalue weighted by molar-refractivity contribution is 1.25. The molecule has 0 saturated heterocycles. The van der Waals surface area contributed by atoms with Crippen LogP contribution in [0, 0.1) is 13.8 Å². The van der Waals surface area contributed by atoms with Gasteiger partial charge in [-0.3, -0.25) is 4.40 Å². The summed E-state index contributed by atoms with van der Waals surface area (Å²) in [5.74, 6) is 0. The van der Waals surface area contributed by atoms with Crippen molar-refractivity contribution in [1.82, 2.24) is 9.38 Å². The van der Waals surface area contributed by atoms with Gasteiger partial charge in [0.2, 0.25) is 0 Å². The maximum atomic E-state index is 4.90. The van der Waals surface area contributed by atoms with Gasteiger partial charge in [0, 0.05) is 16.3 Å². The van der Waals surface area contributed by atoms with Crippen LogP contribution in [0.3, 0.4) is 0 Å². The van der Waals surface area contributed by atoms with E-state index in [0.29, 0.717) is 0 Å². The van der Waals surface area contributed by atoms with Crippen LogP contribution in [0.5, 0.6) is 0 Å². The number of fused-ring (bicyclic) bond motifs is 6. The van der Waals surface area contributed by atoms with Crippen molar-refractivity contribution >= 4 is 27.3 Å². The normalized spacial score (nSPS) is 11.5. The van der Waals surface area contributed by atoms with E-state index >= 15 is 0 Å². The van der Waals surface area contributed by atoms with Crippen LogP contribution in [0.2, 0.25) is 0 Å². The fourth-order valence-electron chi connectivity index (χ4n) is 4.94. The van der Waals surface area contributed by atoms with Crippen molar-refractivity contribution in [3.8, 4) is 22.4 Å². The number of aromatic nitrogens is 2. The minimum Gasteiger partial charge on any atom is -0.292 e. The third-order valence-corrected chi connectivity index (χ3v) is 6.26. The Morgan fingerprint density at radius 1 is 0.613 bits per heavy atom. The highest BCUT2D eigenvalue weighted by Crippen LogP contribution is 2.36. The molecule has 2 nitrogen and oxygen atoms in total. The Hall–Kier alpha value is -3.91. The second-order valence-electron chi connectivity index (χ2n) is 8.22. The average molecular weight is 399 g/mol. The standard InChI is InChI=1S/C29H22N2/c1-19-16-22(21-10-4-3-5-11-21)17-20(2)28(19)27-18-30-29-25-14-7-6-12-23(25)24-13-8-9-15-26(24)31(27)29/h3-18H,1-2H3. The monoisotopic (exact) mass is 398 g/mol. The van der Waals surface area contributed by atoms with E-state index in [-0.39, 0.29) is 0 Å². The van der Waals surface area contributed by atoms with Gasteiger partial charge in [0.1, 0.15) is 5.65 Å². The van der Waals surface area contributed by atoms with Crippen LogP contribution in [0.4, 0.5) is 0 Å². The van der Waals surface area contributed by atoms with E-state index < -0.39 is 0 Å². The predicted octanol–water partition coefficient (Wildman–Crippen LogP) is 7.59. The lowest BCUT2D eigenvalue weighted by Gasteiger charge is -2.15. The Balaban J connectivity index is 1.68. The first-order chi connectivity index (χ1) is 15.2. The molecule has 0 radical (unpaired) electrons. The number of rotatable bonds is 2. The molecule has 0 fully saturated rings. The quantitative estimate of drug-likeness (QED) is 0.275. The van der Waals surface area contributed by atoms with Crippen LogP contribution in [0.1, 0.15) is 11.1 Å². The molecular weight excluding hydrogens is 376 g/mol. The van der Waals surface area contributed by atoms with Gasteiger partial charge in [0.05, 0.1) is 17.4 Å². The Bertz CT molecular complexity index is 1570. The van der Waals surface area contributed by atoms with Crippen molar-refractivity contribution in [1.29, 1.82) is 0 Å². The Morgan fingerprint density at radius 2 is 1.23 bits per heavy atom. The summed E-state index contributed by atoms with van der Waals surface area (Å²) in [6, 6.07) is 32.4. The van der Waals surface area contributed by atoms with E-state index in [0.717, 1.165) is 11.3 Å². The minimum absolute atomic E-state index is 1.01. The summed E-state index contributed by atoms with van der Waals surface area (Å²) in [5, 5.41) is 3.68. The van der Waals surface area contributed by atoms with Crippen molar-refractivity contribution < 1.29 is 0 Å². The highest BCUT2D eigenvalue weighted by Gasteiger charge is 2.17. The van der Waals surface area contributed by atoms with E-state index in [4.69, 9.17) is 4.98 Å². The third-order valence-electron chi connectivity index (χ3n) is 6.26. The third kappa shape index (κ3) is 2.69. The minimum atomic E-state index is 1.01. The van der Waals surface area contributed by atoms with Crippen molar-refractivity contribution in [2.45, 2.75) is 13.8 Å². The molecule has 0 aliphatic heterocycles. The lowest BCUT2D eigenvalue weighted by atomic mass is 9.94. The van der Waals surface area contributed by atoms with E-state index in [9.17, 15) is 0 Å². The Morgan fingerprint density at radius 3 is 1.97 bits per heavy atom. The molecule has 6 aromatic rings. The van der Waals surface area contributed by atoms with Gasteiger partial charge in [-0.2, -0.15) is 0 Å². The summed E-state index contributed by atoms with van der Waals surface area (Å²) in [6.45, 7) is 4.41. The first-order valence-corrected chi connectivity index (χ1v) is 10.7. The van der Waals surface area contributed by atoms with E-state index in [1.165, 1.54) is 49.5 Å². The molecular formula is C29H22N2. The molecule has 31 heavy (non-hydrogen) atoms. The number of hydrogen-bond acceptors (Lipinski definition) is 1. The van der Waals surface area contributed by atoms with Gasteiger partial charge in [-0.15, -0.1) is 0 Å². The van der Waals surface area contributed by atoms with Crippen LogP contribution < -0.4 is 0 Å². The van der Waals surface area contributed by atoms with Gasteiger partial charge in [-0.05, 0) is 47.6 Å². The molecule has 0 aliphatic carbocycles. The fourth-order valence-corrected chi connectivity index (χ4v) is 4.94. The maximum absolute atomic E-state index is 4.90. The van der Waals surface area contributed by atoms with Crippen LogP contribution in [0.25, 0.3) is 49.7 Å². The van der Waals surface area contributed by atoms with Crippen molar-refractivity contribution in [2.75, 3.05) is 0 Å². The van der Waals surface area contributed by atoms with E-state index in [2.05, 4.69) is 109 Å². The molecule has 6 rings (SSSR count). The number of pyridine rings is 1. The molecule has 0 atom stereocenters. The summed E-state index contributed by atoms with van der Waals surface area (Å²) in [4.78, 5) is 4.90. The molecule has 0 unspecified atom stereocenters. The highest BCUT2D eigenvalue weighted by atomic mass is 15.0. The molecule has 2 aromatic heterocycles. The first-order valence-electron chi connectivity index (χ1n) is 10.7. The lowest BCUT2D eigenvalue weighted by Crippen LogP contribution is -1.97. The zero-order chi connectivity index (χ0) is 20.9. The van der Waals surface area contributed by atoms with Crippen molar-refractivity contribution in [2.24, 2.45) is 0 Å².